The van der Waals surface area contributed by atoms with Crippen LogP contribution in [0.5, 0.6) is 5.75 Å². The third-order valence-corrected chi connectivity index (χ3v) is 5.39. The van der Waals surface area contributed by atoms with E-state index in [1.807, 2.05) is 0 Å². The van der Waals surface area contributed by atoms with Crippen LogP contribution in [-0.2, 0) is 19.2 Å². The standard InChI is InChI=1S/C22H27F2N3O7/c1-11-5-14(6-12(2)18(11)34-4)19(31)25-13(3)21(33)27-10-22(23,24)8-16(27)20(32)26-15(9-28)7-17(29)30/h5-6,9,13,15-16H,7-8,10H2,1-4H3,(H,25,31)(H,26,32)(H,29,30)/t13-,15-,16-/m0/s1. The number of methoxy groups -OCH3 is 1. The van der Waals surface area contributed by atoms with Gasteiger partial charge in [0, 0.05) is 12.0 Å². The number of carboxylic acids is 1. The van der Waals surface area contributed by atoms with Crippen molar-refractivity contribution in [2.75, 3.05) is 13.7 Å². The number of carbonyl (C=O) groups excluding carboxylic acids is 4. The van der Waals surface area contributed by atoms with Gasteiger partial charge >= 0.3 is 5.97 Å². The number of ether oxygens (including phenoxy) is 1. The SMILES string of the molecule is COc1c(C)cc(C(=O)N[C@@H](C)C(=O)N2CC(F)(F)C[C@H]2C(=O)N[C@H](C=O)CC(=O)O)cc1C. The fourth-order valence-electron chi connectivity index (χ4n) is 3.88. The van der Waals surface area contributed by atoms with E-state index in [4.69, 9.17) is 9.84 Å². The first-order chi connectivity index (χ1) is 15.8. The molecule has 0 saturated carbocycles. The fraction of sp³-hybridized carbons (Fsp3) is 0.500. The molecule has 0 bridgehead atoms. The van der Waals surface area contributed by atoms with E-state index in [1.165, 1.54) is 14.0 Å². The molecule has 3 N–H and O–H groups in total. The van der Waals surface area contributed by atoms with Gasteiger partial charge in [-0.2, -0.15) is 0 Å². The van der Waals surface area contributed by atoms with Crippen molar-refractivity contribution >= 4 is 30.0 Å². The highest BCUT2D eigenvalue weighted by molar-refractivity contribution is 5.99. The largest absolute Gasteiger partial charge is 0.496 e. The van der Waals surface area contributed by atoms with Gasteiger partial charge in [-0.05, 0) is 44.0 Å². The number of nitrogens with one attached hydrogen (secondary N) is 2. The van der Waals surface area contributed by atoms with Crippen LogP contribution in [0.15, 0.2) is 12.1 Å². The molecule has 0 spiro atoms. The van der Waals surface area contributed by atoms with Crippen molar-refractivity contribution in [1.82, 2.24) is 15.5 Å². The predicted octanol–water partition coefficient (Wildman–Crippen LogP) is 0.825. The van der Waals surface area contributed by atoms with Crippen molar-refractivity contribution in [3.63, 3.8) is 0 Å². The Balaban J connectivity index is 2.16. The first kappa shape index (κ1) is 26.7. The normalized spacial score (nSPS) is 18.5. The summed E-state index contributed by atoms with van der Waals surface area (Å²) in [7, 11) is 1.49. The number of aldehydes is 1. The van der Waals surface area contributed by atoms with Crippen LogP contribution < -0.4 is 15.4 Å². The van der Waals surface area contributed by atoms with Gasteiger partial charge in [0.15, 0.2) is 0 Å². The second-order valence-electron chi connectivity index (χ2n) is 8.23. The number of halogens is 2. The summed E-state index contributed by atoms with van der Waals surface area (Å²) in [5, 5.41) is 13.3. The van der Waals surface area contributed by atoms with Crippen molar-refractivity contribution < 1.29 is 42.6 Å². The lowest BCUT2D eigenvalue weighted by molar-refractivity contribution is -0.142. The lowest BCUT2D eigenvalue weighted by Gasteiger charge is -2.27. The Morgan fingerprint density at radius 1 is 1.24 bits per heavy atom. The Hall–Kier alpha value is -3.57. The van der Waals surface area contributed by atoms with Crippen LogP contribution in [0.25, 0.3) is 0 Å². The second kappa shape index (κ2) is 10.6. The van der Waals surface area contributed by atoms with E-state index in [1.54, 1.807) is 26.0 Å². The maximum atomic E-state index is 14.1. The van der Waals surface area contributed by atoms with Gasteiger partial charge in [0.1, 0.15) is 24.1 Å². The number of hydrogen-bond acceptors (Lipinski definition) is 6. The molecular weight excluding hydrogens is 456 g/mol. The van der Waals surface area contributed by atoms with E-state index >= 15 is 0 Å². The van der Waals surface area contributed by atoms with E-state index in [9.17, 15) is 32.8 Å². The van der Waals surface area contributed by atoms with Gasteiger partial charge in [0.2, 0.25) is 11.8 Å². The summed E-state index contributed by atoms with van der Waals surface area (Å²) in [4.78, 5) is 60.5. The number of aliphatic carboxylic acids is 1. The summed E-state index contributed by atoms with van der Waals surface area (Å²) < 4.78 is 33.5. The molecule has 2 rings (SSSR count). The molecule has 1 heterocycles. The van der Waals surface area contributed by atoms with Gasteiger partial charge in [0.25, 0.3) is 11.8 Å². The van der Waals surface area contributed by atoms with Crippen LogP contribution in [0, 0.1) is 13.8 Å². The molecule has 1 aliphatic heterocycles. The Bertz CT molecular complexity index is 976. The van der Waals surface area contributed by atoms with Crippen LogP contribution in [0.4, 0.5) is 8.78 Å². The molecule has 0 aliphatic carbocycles. The molecular formula is C22H27F2N3O7. The number of rotatable bonds is 9. The summed E-state index contributed by atoms with van der Waals surface area (Å²) in [5.41, 5.74) is 1.61. The molecule has 0 unspecified atom stereocenters. The van der Waals surface area contributed by atoms with Crippen LogP contribution in [0.3, 0.4) is 0 Å². The van der Waals surface area contributed by atoms with Crippen molar-refractivity contribution in [2.24, 2.45) is 0 Å². The van der Waals surface area contributed by atoms with Gasteiger partial charge < -0.3 is 30.2 Å². The van der Waals surface area contributed by atoms with Crippen molar-refractivity contribution in [1.29, 1.82) is 0 Å². The number of likely N-dealkylation sites (tertiary alicyclic amines) is 1. The molecule has 3 atom stereocenters. The van der Waals surface area contributed by atoms with Gasteiger partial charge in [-0.3, -0.25) is 19.2 Å². The monoisotopic (exact) mass is 483 g/mol. The lowest BCUT2D eigenvalue weighted by Crippen LogP contribution is -2.54. The molecule has 1 fully saturated rings. The molecule has 0 radical (unpaired) electrons. The number of benzene rings is 1. The molecule has 1 aromatic carbocycles. The van der Waals surface area contributed by atoms with E-state index in [0.29, 0.717) is 21.8 Å². The maximum absolute atomic E-state index is 14.1. The van der Waals surface area contributed by atoms with E-state index < -0.39 is 67.1 Å². The minimum Gasteiger partial charge on any atom is -0.496 e. The van der Waals surface area contributed by atoms with Crippen molar-refractivity contribution in [2.45, 2.75) is 57.7 Å². The summed E-state index contributed by atoms with van der Waals surface area (Å²) in [6.45, 7) is 3.72. The molecule has 0 aromatic heterocycles. The Kier molecular flexibility index (Phi) is 8.30. The van der Waals surface area contributed by atoms with Gasteiger partial charge in [-0.25, -0.2) is 8.78 Å². The zero-order chi connectivity index (χ0) is 25.8. The summed E-state index contributed by atoms with van der Waals surface area (Å²) in [6.07, 6.45) is -1.56. The van der Waals surface area contributed by atoms with Crippen molar-refractivity contribution in [3.05, 3.63) is 28.8 Å². The van der Waals surface area contributed by atoms with E-state index in [2.05, 4.69) is 10.6 Å². The molecule has 1 aromatic rings. The number of aryl methyl sites for hydroxylation is 2. The number of amides is 3. The third kappa shape index (κ3) is 6.27. The minimum absolute atomic E-state index is 0.174. The lowest BCUT2D eigenvalue weighted by atomic mass is 10.0. The molecule has 12 heteroatoms. The van der Waals surface area contributed by atoms with Crippen LogP contribution >= 0.6 is 0 Å². The van der Waals surface area contributed by atoms with Crippen LogP contribution in [0.1, 0.15) is 41.3 Å². The highest BCUT2D eigenvalue weighted by Gasteiger charge is 2.51. The summed E-state index contributed by atoms with van der Waals surface area (Å²) >= 11 is 0. The Morgan fingerprint density at radius 3 is 2.32 bits per heavy atom. The third-order valence-electron chi connectivity index (χ3n) is 5.39. The molecule has 34 heavy (non-hydrogen) atoms. The zero-order valence-corrected chi connectivity index (χ0v) is 19.2. The number of hydrogen-bond donors (Lipinski definition) is 3. The Morgan fingerprint density at radius 2 is 1.82 bits per heavy atom. The van der Waals surface area contributed by atoms with Crippen molar-refractivity contribution in [3.8, 4) is 5.75 Å². The first-order valence-electron chi connectivity index (χ1n) is 10.4. The number of nitrogens with zero attached hydrogens (tertiary/aromatic N) is 1. The van der Waals surface area contributed by atoms with Gasteiger partial charge in [-0.1, -0.05) is 0 Å². The fourth-order valence-corrected chi connectivity index (χ4v) is 3.88. The number of alkyl halides is 2. The molecule has 1 saturated heterocycles. The van der Waals surface area contributed by atoms with Crippen LogP contribution in [0.2, 0.25) is 0 Å². The van der Waals surface area contributed by atoms with E-state index in [0.717, 1.165) is 0 Å². The smallest absolute Gasteiger partial charge is 0.305 e. The molecule has 186 valence electrons. The summed E-state index contributed by atoms with van der Waals surface area (Å²) in [6, 6.07) is -1.21. The predicted molar refractivity (Wildman–Crippen MR) is 115 cm³/mol. The van der Waals surface area contributed by atoms with E-state index in [-0.39, 0.29) is 11.8 Å². The highest BCUT2D eigenvalue weighted by atomic mass is 19.3. The average molecular weight is 483 g/mol. The molecule has 10 nitrogen and oxygen atoms in total. The quantitative estimate of drug-likeness (QED) is 0.442. The molecule has 1 aliphatic rings. The number of carbonyl (C=O) groups is 5. The summed E-state index contributed by atoms with van der Waals surface area (Å²) in [5.74, 6) is -6.77. The first-order valence-corrected chi connectivity index (χ1v) is 10.4. The Labute approximate surface area is 194 Å². The molecule has 3 amide bonds. The van der Waals surface area contributed by atoms with Gasteiger partial charge in [0.05, 0.1) is 26.1 Å². The maximum Gasteiger partial charge on any atom is 0.305 e. The minimum atomic E-state index is -3.38. The second-order valence-corrected chi connectivity index (χ2v) is 8.23. The van der Waals surface area contributed by atoms with Gasteiger partial charge in [-0.15, -0.1) is 0 Å². The average Bonchev–Trinajstić information content (AvgIpc) is 3.07. The highest BCUT2D eigenvalue weighted by Crippen LogP contribution is 2.33. The number of carboxylic acid groups (broad SMARTS) is 1. The van der Waals surface area contributed by atoms with Crippen LogP contribution in [-0.4, -0.2) is 77.7 Å². The zero-order valence-electron chi connectivity index (χ0n) is 19.2. The topological polar surface area (TPSA) is 142 Å².